The van der Waals surface area contributed by atoms with Gasteiger partial charge in [0.05, 0.1) is 5.69 Å². The fourth-order valence-corrected chi connectivity index (χ4v) is 1.84. The van der Waals surface area contributed by atoms with E-state index in [4.69, 9.17) is 0 Å². The molecular weight excluding hydrogens is 228 g/mol. The van der Waals surface area contributed by atoms with Crippen LogP contribution in [-0.4, -0.2) is 18.1 Å². The predicted octanol–water partition coefficient (Wildman–Crippen LogP) is 2.56. The average molecular weight is 243 g/mol. The first-order valence-corrected chi connectivity index (χ1v) is 5.23. The van der Waals surface area contributed by atoms with Crippen LogP contribution in [0.25, 0.3) is 0 Å². The van der Waals surface area contributed by atoms with E-state index in [1.165, 1.54) is 0 Å². The maximum absolute atomic E-state index is 4.36. The summed E-state index contributed by atoms with van der Waals surface area (Å²) in [4.78, 5) is 4.36. The van der Waals surface area contributed by atoms with Crippen LogP contribution in [0.15, 0.2) is 22.8 Å². The number of halogens is 1. The Labute approximate surface area is 87.9 Å². The molecule has 2 nitrogen and oxygen atoms in total. The Balaban J connectivity index is 2.88. The lowest BCUT2D eigenvalue weighted by Crippen LogP contribution is -2.27. The van der Waals surface area contributed by atoms with Gasteiger partial charge in [0, 0.05) is 22.6 Å². The molecule has 0 radical (unpaired) electrons. The van der Waals surface area contributed by atoms with E-state index in [9.17, 15) is 0 Å². The van der Waals surface area contributed by atoms with Gasteiger partial charge in [0.1, 0.15) is 0 Å². The number of likely N-dealkylation sites (N-methyl/N-ethyl adjacent to an activating group) is 1. The van der Waals surface area contributed by atoms with Crippen molar-refractivity contribution in [2.24, 2.45) is 0 Å². The summed E-state index contributed by atoms with van der Waals surface area (Å²) in [6.07, 6.45) is 1.83. The lowest BCUT2D eigenvalue weighted by Gasteiger charge is -2.19. The molecule has 0 saturated carbocycles. The van der Waals surface area contributed by atoms with Gasteiger partial charge in [-0.05, 0) is 42.0 Å². The van der Waals surface area contributed by atoms with E-state index in [-0.39, 0.29) is 0 Å². The normalized spacial score (nSPS) is 15.4. The lowest BCUT2D eigenvalue weighted by atomic mass is 9.99. The highest BCUT2D eigenvalue weighted by Crippen LogP contribution is 2.24. The van der Waals surface area contributed by atoms with Crippen molar-refractivity contribution in [2.45, 2.75) is 25.8 Å². The number of hydrogen-bond donors (Lipinski definition) is 1. The van der Waals surface area contributed by atoms with Crippen LogP contribution in [0.4, 0.5) is 0 Å². The first kappa shape index (κ1) is 10.7. The second-order valence-electron chi connectivity index (χ2n) is 3.24. The summed E-state index contributed by atoms with van der Waals surface area (Å²) in [6.45, 7) is 4.33. The maximum atomic E-state index is 4.36. The Kier molecular flexibility index (Phi) is 3.88. The van der Waals surface area contributed by atoms with Gasteiger partial charge >= 0.3 is 0 Å². The molecule has 1 N–H and O–H groups in total. The van der Waals surface area contributed by atoms with Gasteiger partial charge in [0.25, 0.3) is 0 Å². The van der Waals surface area contributed by atoms with E-state index in [1.807, 2.05) is 25.4 Å². The molecule has 1 rings (SSSR count). The first-order chi connectivity index (χ1) is 6.16. The zero-order valence-electron chi connectivity index (χ0n) is 8.21. The van der Waals surface area contributed by atoms with E-state index >= 15 is 0 Å². The molecular formula is C10H15BrN2. The minimum Gasteiger partial charge on any atom is -0.317 e. The Morgan fingerprint density at radius 1 is 1.46 bits per heavy atom. The van der Waals surface area contributed by atoms with E-state index in [2.05, 4.69) is 40.1 Å². The van der Waals surface area contributed by atoms with Crippen molar-refractivity contribution in [3.8, 4) is 0 Å². The van der Waals surface area contributed by atoms with Crippen molar-refractivity contribution in [1.29, 1.82) is 0 Å². The molecule has 0 aromatic carbocycles. The van der Waals surface area contributed by atoms with Crippen molar-refractivity contribution >= 4 is 15.9 Å². The fourth-order valence-electron chi connectivity index (χ4n) is 1.22. The molecule has 3 heteroatoms. The van der Waals surface area contributed by atoms with E-state index in [0.717, 1.165) is 10.2 Å². The average Bonchev–Trinajstić information content (AvgIpc) is 2.16. The number of pyridine rings is 1. The van der Waals surface area contributed by atoms with Gasteiger partial charge in [-0.2, -0.15) is 0 Å². The Morgan fingerprint density at radius 2 is 2.15 bits per heavy atom. The van der Waals surface area contributed by atoms with Crippen molar-refractivity contribution in [2.75, 3.05) is 7.05 Å². The van der Waals surface area contributed by atoms with Gasteiger partial charge in [-0.25, -0.2) is 0 Å². The Morgan fingerprint density at radius 3 is 2.69 bits per heavy atom. The molecule has 1 heterocycles. The van der Waals surface area contributed by atoms with Gasteiger partial charge in [-0.1, -0.05) is 6.92 Å². The molecule has 0 aliphatic heterocycles. The molecule has 72 valence electrons. The Bertz CT molecular complexity index is 275. The van der Waals surface area contributed by atoms with Crippen LogP contribution < -0.4 is 5.32 Å². The summed E-state index contributed by atoms with van der Waals surface area (Å²) in [5, 5.41) is 3.23. The first-order valence-electron chi connectivity index (χ1n) is 4.44. The zero-order valence-corrected chi connectivity index (χ0v) is 9.80. The quantitative estimate of drug-likeness (QED) is 0.882. The largest absolute Gasteiger partial charge is 0.317 e. The third kappa shape index (κ3) is 2.51. The highest BCUT2D eigenvalue weighted by atomic mass is 79.9. The summed E-state index contributed by atoms with van der Waals surface area (Å²) >= 11 is 3.50. The predicted molar refractivity (Wildman–Crippen MR) is 58.9 cm³/mol. The van der Waals surface area contributed by atoms with Gasteiger partial charge in [-0.15, -0.1) is 0 Å². The highest BCUT2D eigenvalue weighted by molar-refractivity contribution is 9.10. The summed E-state index contributed by atoms with van der Waals surface area (Å²) in [5.41, 5.74) is 1.12. The number of hydrogen-bond acceptors (Lipinski definition) is 2. The minimum absolute atomic E-state index is 0.417. The van der Waals surface area contributed by atoms with Gasteiger partial charge in [-0.3, -0.25) is 4.98 Å². The number of rotatable bonds is 3. The minimum atomic E-state index is 0.417. The molecule has 1 aromatic rings. The van der Waals surface area contributed by atoms with Crippen LogP contribution in [0.3, 0.4) is 0 Å². The number of aromatic nitrogens is 1. The van der Waals surface area contributed by atoms with Crippen molar-refractivity contribution in [3.05, 3.63) is 28.5 Å². The Hall–Kier alpha value is -0.410. The van der Waals surface area contributed by atoms with E-state index in [1.54, 1.807) is 0 Å². The molecule has 0 bridgehead atoms. The summed E-state index contributed by atoms with van der Waals surface area (Å²) in [5.74, 6) is 0.417. The number of nitrogens with one attached hydrogen (secondary N) is 1. The molecule has 0 spiro atoms. The maximum Gasteiger partial charge on any atom is 0.0588 e. The van der Waals surface area contributed by atoms with Gasteiger partial charge in [0.15, 0.2) is 0 Å². The van der Waals surface area contributed by atoms with E-state index in [0.29, 0.717) is 12.0 Å². The zero-order chi connectivity index (χ0) is 9.84. The molecule has 2 unspecified atom stereocenters. The second kappa shape index (κ2) is 4.72. The van der Waals surface area contributed by atoms with Crippen LogP contribution in [-0.2, 0) is 0 Å². The van der Waals surface area contributed by atoms with E-state index < -0.39 is 0 Å². The summed E-state index contributed by atoms with van der Waals surface area (Å²) in [6, 6.07) is 4.40. The van der Waals surface area contributed by atoms with Crippen LogP contribution in [0, 0.1) is 0 Å². The molecule has 0 fully saturated rings. The third-order valence-corrected chi connectivity index (χ3v) is 3.09. The molecule has 0 amide bonds. The van der Waals surface area contributed by atoms with Gasteiger partial charge in [0.2, 0.25) is 0 Å². The molecule has 0 aliphatic rings. The second-order valence-corrected chi connectivity index (χ2v) is 4.09. The molecule has 13 heavy (non-hydrogen) atoms. The lowest BCUT2D eigenvalue weighted by molar-refractivity contribution is 0.513. The molecule has 2 atom stereocenters. The number of nitrogens with zero attached hydrogens (tertiary/aromatic N) is 1. The third-order valence-electron chi connectivity index (χ3n) is 2.42. The topological polar surface area (TPSA) is 24.9 Å². The van der Waals surface area contributed by atoms with Crippen LogP contribution >= 0.6 is 15.9 Å². The fraction of sp³-hybridized carbons (Fsp3) is 0.500. The van der Waals surface area contributed by atoms with Crippen molar-refractivity contribution in [3.63, 3.8) is 0 Å². The summed E-state index contributed by atoms with van der Waals surface area (Å²) < 4.78 is 1.09. The van der Waals surface area contributed by atoms with Crippen molar-refractivity contribution < 1.29 is 0 Å². The smallest absolute Gasteiger partial charge is 0.0588 e. The standard InChI is InChI=1S/C10H15BrN2/c1-7(8(2)12-3)10-9(11)5-4-6-13-10/h4-8,12H,1-3H3. The van der Waals surface area contributed by atoms with Crippen LogP contribution in [0.2, 0.25) is 0 Å². The molecule has 1 aromatic heterocycles. The molecule has 0 aliphatic carbocycles. The monoisotopic (exact) mass is 242 g/mol. The van der Waals surface area contributed by atoms with Crippen molar-refractivity contribution in [1.82, 2.24) is 10.3 Å². The summed E-state index contributed by atoms with van der Waals surface area (Å²) in [7, 11) is 1.97. The molecule has 0 saturated heterocycles. The SMILES string of the molecule is CNC(C)C(C)c1ncccc1Br. The van der Waals surface area contributed by atoms with Crippen LogP contribution in [0.1, 0.15) is 25.5 Å². The highest BCUT2D eigenvalue weighted by Gasteiger charge is 2.15. The van der Waals surface area contributed by atoms with Gasteiger partial charge < -0.3 is 5.32 Å². The van der Waals surface area contributed by atoms with Crippen LogP contribution in [0.5, 0.6) is 0 Å².